The molecular formula is C20H15N7OS. The molecular weight excluding hydrogens is 386 g/mol. The van der Waals surface area contributed by atoms with E-state index in [4.69, 9.17) is 0 Å². The van der Waals surface area contributed by atoms with E-state index in [0.29, 0.717) is 22.3 Å². The van der Waals surface area contributed by atoms with Gasteiger partial charge >= 0.3 is 0 Å². The largest absolute Gasteiger partial charge is 0.296 e. The smallest absolute Gasteiger partial charge is 0.277 e. The molecule has 4 aromatic rings. The third-order valence-electron chi connectivity index (χ3n) is 3.81. The van der Waals surface area contributed by atoms with Gasteiger partial charge in [-0.3, -0.25) is 15.1 Å². The highest BCUT2D eigenvalue weighted by Crippen LogP contribution is 2.24. The minimum Gasteiger partial charge on any atom is -0.296 e. The molecule has 9 heteroatoms. The Morgan fingerprint density at radius 3 is 2.86 bits per heavy atom. The maximum Gasteiger partial charge on any atom is 0.277 e. The minimum atomic E-state index is -0.375. The van der Waals surface area contributed by atoms with Gasteiger partial charge in [0.25, 0.3) is 5.91 Å². The van der Waals surface area contributed by atoms with Crippen LogP contribution in [0.2, 0.25) is 0 Å². The number of amides is 1. The number of hydrogen-bond acceptors (Lipinski definition) is 7. The molecule has 0 saturated carbocycles. The number of hydrogen-bond donors (Lipinski definition) is 1. The number of carbonyl (C=O) groups excluding carboxylic acids is 1. The number of aromatic nitrogens is 6. The molecule has 0 aliphatic heterocycles. The van der Waals surface area contributed by atoms with Crippen LogP contribution in [0.1, 0.15) is 29.4 Å². The van der Waals surface area contributed by atoms with Crippen molar-refractivity contribution in [1.82, 2.24) is 29.9 Å². The topological polar surface area (TPSA) is 98.5 Å². The number of anilines is 1. The lowest BCUT2D eigenvalue weighted by atomic mass is 10.2. The normalized spacial score (nSPS) is 10.2. The van der Waals surface area contributed by atoms with Crippen molar-refractivity contribution in [3.63, 3.8) is 0 Å². The van der Waals surface area contributed by atoms with Crippen LogP contribution in [0.15, 0.2) is 54.3 Å². The van der Waals surface area contributed by atoms with Crippen LogP contribution in [0.5, 0.6) is 0 Å². The number of thiazole rings is 1. The summed E-state index contributed by atoms with van der Waals surface area (Å²) in [5.74, 6) is 6.17. The van der Waals surface area contributed by atoms with Crippen molar-refractivity contribution in [3.05, 3.63) is 65.6 Å². The van der Waals surface area contributed by atoms with Gasteiger partial charge in [-0.25, -0.2) is 9.97 Å². The van der Waals surface area contributed by atoms with E-state index >= 15 is 0 Å². The lowest BCUT2D eigenvalue weighted by molar-refractivity contribution is 0.101. The SMILES string of the molecule is CCC#Cc1ccc(-c2csc(NC(=O)c3cnnn3-c3ccccn3)n2)nc1. The summed E-state index contributed by atoms with van der Waals surface area (Å²) in [5, 5.41) is 12.8. The Hall–Kier alpha value is -3.90. The van der Waals surface area contributed by atoms with Crippen LogP contribution in [-0.4, -0.2) is 35.9 Å². The zero-order valence-electron chi connectivity index (χ0n) is 15.4. The summed E-state index contributed by atoms with van der Waals surface area (Å²) >= 11 is 1.31. The second-order valence-corrected chi connectivity index (χ2v) is 6.66. The summed E-state index contributed by atoms with van der Waals surface area (Å²) in [6, 6.07) is 9.10. The van der Waals surface area contributed by atoms with Crippen LogP contribution < -0.4 is 5.32 Å². The fraction of sp³-hybridized carbons (Fsp3) is 0.100. The molecule has 0 aliphatic carbocycles. The van der Waals surface area contributed by atoms with Crippen LogP contribution in [-0.2, 0) is 0 Å². The second-order valence-electron chi connectivity index (χ2n) is 5.80. The number of pyridine rings is 2. The molecule has 29 heavy (non-hydrogen) atoms. The van der Waals surface area contributed by atoms with Crippen LogP contribution >= 0.6 is 11.3 Å². The van der Waals surface area contributed by atoms with E-state index in [9.17, 15) is 4.79 Å². The second kappa shape index (κ2) is 8.41. The summed E-state index contributed by atoms with van der Waals surface area (Å²) in [4.78, 5) is 25.7. The number of nitrogens with zero attached hydrogens (tertiary/aromatic N) is 6. The van der Waals surface area contributed by atoms with E-state index in [1.807, 2.05) is 30.5 Å². The molecule has 0 unspecified atom stereocenters. The first-order valence-electron chi connectivity index (χ1n) is 8.79. The number of nitrogens with one attached hydrogen (secondary N) is 1. The Bertz CT molecular complexity index is 1190. The predicted molar refractivity (Wildman–Crippen MR) is 110 cm³/mol. The van der Waals surface area contributed by atoms with Crippen molar-refractivity contribution in [1.29, 1.82) is 0 Å². The fourth-order valence-corrected chi connectivity index (χ4v) is 3.16. The zero-order valence-corrected chi connectivity index (χ0v) is 16.2. The highest BCUT2D eigenvalue weighted by atomic mass is 32.1. The van der Waals surface area contributed by atoms with Crippen molar-refractivity contribution in [2.24, 2.45) is 0 Å². The molecule has 4 aromatic heterocycles. The summed E-state index contributed by atoms with van der Waals surface area (Å²) in [5.41, 5.74) is 2.51. The van der Waals surface area contributed by atoms with E-state index in [0.717, 1.165) is 12.0 Å². The summed E-state index contributed by atoms with van der Waals surface area (Å²) < 4.78 is 1.38. The molecule has 0 aromatic carbocycles. The highest BCUT2D eigenvalue weighted by Gasteiger charge is 2.17. The Labute approximate surface area is 170 Å². The standard InChI is InChI=1S/C20H15N7OS/c1-2-3-6-14-8-9-15(22-11-14)16-13-29-20(24-16)25-19(28)17-12-23-26-27(17)18-7-4-5-10-21-18/h4-5,7-13H,2H2,1H3,(H,24,25,28). The van der Waals surface area contributed by atoms with Crippen molar-refractivity contribution >= 4 is 22.4 Å². The molecule has 0 aliphatic rings. The van der Waals surface area contributed by atoms with E-state index in [1.165, 1.54) is 22.2 Å². The van der Waals surface area contributed by atoms with Gasteiger partial charge in [0.2, 0.25) is 0 Å². The Morgan fingerprint density at radius 2 is 2.10 bits per heavy atom. The fourth-order valence-electron chi connectivity index (χ4n) is 2.46. The van der Waals surface area contributed by atoms with Gasteiger partial charge in [0.05, 0.1) is 11.9 Å². The summed E-state index contributed by atoms with van der Waals surface area (Å²) in [7, 11) is 0. The van der Waals surface area contributed by atoms with Crippen molar-refractivity contribution in [2.75, 3.05) is 5.32 Å². The molecule has 1 amide bonds. The van der Waals surface area contributed by atoms with Gasteiger partial charge in [-0.2, -0.15) is 4.68 Å². The summed E-state index contributed by atoms with van der Waals surface area (Å²) in [6.07, 6.45) is 5.52. The van der Waals surface area contributed by atoms with Gasteiger partial charge in [0.1, 0.15) is 5.69 Å². The molecule has 0 spiro atoms. The molecule has 8 nitrogen and oxygen atoms in total. The first kappa shape index (κ1) is 18.5. The van der Waals surface area contributed by atoms with Crippen molar-refractivity contribution < 1.29 is 4.79 Å². The van der Waals surface area contributed by atoms with E-state index < -0.39 is 0 Å². The third-order valence-corrected chi connectivity index (χ3v) is 4.57. The maximum absolute atomic E-state index is 12.7. The van der Waals surface area contributed by atoms with Crippen LogP contribution in [0.25, 0.3) is 17.2 Å². The first-order valence-corrected chi connectivity index (χ1v) is 9.67. The van der Waals surface area contributed by atoms with E-state index in [2.05, 4.69) is 42.4 Å². The van der Waals surface area contributed by atoms with E-state index in [-0.39, 0.29) is 11.6 Å². The molecule has 4 heterocycles. The zero-order chi connectivity index (χ0) is 20.1. The van der Waals surface area contributed by atoms with Crippen LogP contribution in [0, 0.1) is 11.8 Å². The lowest BCUT2D eigenvalue weighted by Crippen LogP contribution is -2.17. The molecule has 0 bridgehead atoms. The predicted octanol–water partition coefficient (Wildman–Crippen LogP) is 3.19. The van der Waals surface area contributed by atoms with Crippen molar-refractivity contribution in [3.8, 4) is 29.0 Å². The Morgan fingerprint density at radius 1 is 1.17 bits per heavy atom. The summed E-state index contributed by atoms with van der Waals surface area (Å²) in [6.45, 7) is 2.00. The lowest BCUT2D eigenvalue weighted by Gasteiger charge is -2.04. The van der Waals surface area contributed by atoms with Gasteiger partial charge in [0, 0.05) is 29.8 Å². The average Bonchev–Trinajstić information content (AvgIpc) is 3.43. The molecule has 142 valence electrons. The third kappa shape index (κ3) is 4.17. The molecule has 0 saturated heterocycles. The quantitative estimate of drug-likeness (QED) is 0.527. The van der Waals surface area contributed by atoms with Gasteiger partial charge in [-0.15, -0.1) is 16.4 Å². The van der Waals surface area contributed by atoms with Crippen LogP contribution in [0.4, 0.5) is 5.13 Å². The van der Waals surface area contributed by atoms with Gasteiger partial charge in [0.15, 0.2) is 16.6 Å². The van der Waals surface area contributed by atoms with E-state index in [1.54, 1.807) is 24.5 Å². The monoisotopic (exact) mass is 401 g/mol. The van der Waals surface area contributed by atoms with Gasteiger partial charge in [-0.05, 0) is 24.3 Å². The molecule has 4 rings (SSSR count). The first-order chi connectivity index (χ1) is 14.2. The molecule has 1 N–H and O–H groups in total. The molecule has 0 radical (unpaired) electrons. The van der Waals surface area contributed by atoms with Gasteiger partial charge in [-0.1, -0.05) is 30.0 Å². The maximum atomic E-state index is 12.7. The Kier molecular flexibility index (Phi) is 5.36. The molecule has 0 fully saturated rings. The number of carbonyl (C=O) groups is 1. The number of rotatable bonds is 4. The van der Waals surface area contributed by atoms with Crippen LogP contribution in [0.3, 0.4) is 0 Å². The highest BCUT2D eigenvalue weighted by molar-refractivity contribution is 7.14. The van der Waals surface area contributed by atoms with Crippen molar-refractivity contribution in [2.45, 2.75) is 13.3 Å². The van der Waals surface area contributed by atoms with Gasteiger partial charge < -0.3 is 0 Å². The average molecular weight is 401 g/mol. The Balaban J connectivity index is 1.50. The molecule has 0 atom stereocenters. The minimum absolute atomic E-state index is 0.262.